The summed E-state index contributed by atoms with van der Waals surface area (Å²) < 4.78 is 10.1. The fourth-order valence-corrected chi connectivity index (χ4v) is 1.61. The van der Waals surface area contributed by atoms with E-state index in [1.54, 1.807) is 24.3 Å². The molecule has 0 radical (unpaired) electrons. The molecule has 1 aromatic carbocycles. The minimum absolute atomic E-state index is 0.0505. The van der Waals surface area contributed by atoms with Gasteiger partial charge in [-0.3, -0.25) is 4.79 Å². The van der Waals surface area contributed by atoms with Crippen LogP contribution in [0.15, 0.2) is 24.3 Å². The largest absolute Gasteiger partial charge is 0.486 e. The number of carbonyl (C=O) groups is 1. The zero-order valence-electron chi connectivity index (χ0n) is 11.4. The number of nitrogens with two attached hydrogens (primary N) is 2. The van der Waals surface area contributed by atoms with Gasteiger partial charge in [-0.25, -0.2) is 0 Å². The zero-order valence-corrected chi connectivity index (χ0v) is 11.4. The summed E-state index contributed by atoms with van der Waals surface area (Å²) in [6.07, 6.45) is 0.220. The number of anilines is 2. The van der Waals surface area contributed by atoms with E-state index in [0.29, 0.717) is 11.6 Å². The van der Waals surface area contributed by atoms with E-state index in [4.69, 9.17) is 16.2 Å². The van der Waals surface area contributed by atoms with Gasteiger partial charge in [0.25, 0.3) is 0 Å². The second-order valence-corrected chi connectivity index (χ2v) is 4.15. The molecule has 2 rings (SSSR count). The molecule has 1 heterocycles. The molecule has 0 amide bonds. The van der Waals surface area contributed by atoms with Gasteiger partial charge in [0.05, 0.1) is 13.5 Å². The highest BCUT2D eigenvalue weighted by Gasteiger charge is 2.05. The lowest BCUT2D eigenvalue weighted by Gasteiger charge is -2.07. The van der Waals surface area contributed by atoms with Crippen LogP contribution in [0, 0.1) is 0 Å². The third-order valence-corrected chi connectivity index (χ3v) is 2.58. The molecule has 0 unspecified atom stereocenters. The summed E-state index contributed by atoms with van der Waals surface area (Å²) in [5, 5.41) is 0. The first-order valence-electron chi connectivity index (χ1n) is 6.11. The minimum Gasteiger partial charge on any atom is -0.486 e. The molecular formula is C13H15N5O3. The van der Waals surface area contributed by atoms with Crippen molar-refractivity contribution in [1.82, 2.24) is 15.0 Å². The Morgan fingerprint density at radius 2 is 1.71 bits per heavy atom. The van der Waals surface area contributed by atoms with Gasteiger partial charge in [0.15, 0.2) is 5.82 Å². The Balaban J connectivity index is 1.95. The standard InChI is InChI=1S/C13H15N5O3/c1-20-11(19)6-8-2-4-9(5-3-8)21-7-10-16-12(14)18-13(15)17-10/h2-5H,6-7H2,1H3,(H4,14,15,16,17,18). The third-order valence-electron chi connectivity index (χ3n) is 2.58. The number of hydrogen-bond donors (Lipinski definition) is 2. The van der Waals surface area contributed by atoms with Crippen LogP contribution in [0.2, 0.25) is 0 Å². The Kier molecular flexibility index (Phi) is 4.50. The van der Waals surface area contributed by atoms with Crippen LogP contribution < -0.4 is 16.2 Å². The third kappa shape index (κ3) is 4.30. The molecule has 0 aliphatic rings. The molecule has 1 aromatic heterocycles. The Hall–Kier alpha value is -2.90. The van der Waals surface area contributed by atoms with Crippen LogP contribution in [0.3, 0.4) is 0 Å². The van der Waals surface area contributed by atoms with Crippen molar-refractivity contribution in [2.24, 2.45) is 0 Å². The lowest BCUT2D eigenvalue weighted by molar-refractivity contribution is -0.139. The average molecular weight is 289 g/mol. The van der Waals surface area contributed by atoms with E-state index in [1.807, 2.05) is 0 Å². The van der Waals surface area contributed by atoms with E-state index in [2.05, 4.69) is 19.7 Å². The number of rotatable bonds is 5. The molecule has 0 atom stereocenters. The maximum absolute atomic E-state index is 11.1. The molecule has 8 heteroatoms. The lowest BCUT2D eigenvalue weighted by Crippen LogP contribution is -2.09. The van der Waals surface area contributed by atoms with Gasteiger partial charge >= 0.3 is 5.97 Å². The molecule has 0 saturated carbocycles. The van der Waals surface area contributed by atoms with Crippen LogP contribution in [-0.2, 0) is 22.6 Å². The zero-order chi connectivity index (χ0) is 15.2. The van der Waals surface area contributed by atoms with Gasteiger partial charge in [-0.2, -0.15) is 15.0 Å². The van der Waals surface area contributed by atoms with Crippen molar-refractivity contribution in [3.05, 3.63) is 35.7 Å². The van der Waals surface area contributed by atoms with Crippen LogP contribution in [-0.4, -0.2) is 28.0 Å². The van der Waals surface area contributed by atoms with Crippen molar-refractivity contribution < 1.29 is 14.3 Å². The molecular weight excluding hydrogens is 274 g/mol. The summed E-state index contributed by atoms with van der Waals surface area (Å²) in [4.78, 5) is 22.6. The van der Waals surface area contributed by atoms with Crippen LogP contribution in [0.4, 0.5) is 11.9 Å². The van der Waals surface area contributed by atoms with E-state index in [9.17, 15) is 4.79 Å². The SMILES string of the molecule is COC(=O)Cc1ccc(OCc2nc(N)nc(N)n2)cc1. The molecule has 0 spiro atoms. The summed E-state index contributed by atoms with van der Waals surface area (Å²) in [6.45, 7) is 0.118. The van der Waals surface area contributed by atoms with Crippen molar-refractivity contribution in [3.63, 3.8) is 0 Å². The maximum Gasteiger partial charge on any atom is 0.309 e. The second kappa shape index (κ2) is 6.51. The first-order valence-corrected chi connectivity index (χ1v) is 6.11. The van der Waals surface area contributed by atoms with Crippen molar-refractivity contribution in [3.8, 4) is 5.75 Å². The van der Waals surface area contributed by atoms with Crippen LogP contribution in [0.25, 0.3) is 0 Å². The molecule has 2 aromatic rings. The van der Waals surface area contributed by atoms with Crippen molar-refractivity contribution >= 4 is 17.9 Å². The number of esters is 1. The lowest BCUT2D eigenvalue weighted by atomic mass is 10.1. The fourth-order valence-electron chi connectivity index (χ4n) is 1.61. The molecule has 4 N–H and O–H groups in total. The highest BCUT2D eigenvalue weighted by Crippen LogP contribution is 2.14. The van der Waals surface area contributed by atoms with Gasteiger partial charge in [-0.1, -0.05) is 12.1 Å². The monoisotopic (exact) mass is 289 g/mol. The molecule has 0 aliphatic heterocycles. The van der Waals surface area contributed by atoms with Gasteiger partial charge in [0, 0.05) is 0 Å². The van der Waals surface area contributed by atoms with E-state index in [0.717, 1.165) is 5.56 Å². The summed E-state index contributed by atoms with van der Waals surface area (Å²) in [7, 11) is 1.35. The van der Waals surface area contributed by atoms with Gasteiger partial charge < -0.3 is 20.9 Å². The summed E-state index contributed by atoms with van der Waals surface area (Å²) in [5.74, 6) is 0.767. The molecule has 0 saturated heterocycles. The minimum atomic E-state index is -0.292. The smallest absolute Gasteiger partial charge is 0.309 e. The van der Waals surface area contributed by atoms with E-state index in [-0.39, 0.29) is 30.9 Å². The predicted molar refractivity (Wildman–Crippen MR) is 75.1 cm³/mol. The molecule has 0 aliphatic carbocycles. The quantitative estimate of drug-likeness (QED) is 0.754. The van der Waals surface area contributed by atoms with E-state index >= 15 is 0 Å². The number of nitrogen functional groups attached to an aromatic ring is 2. The van der Waals surface area contributed by atoms with Crippen LogP contribution >= 0.6 is 0 Å². The van der Waals surface area contributed by atoms with Crippen molar-refractivity contribution in [2.75, 3.05) is 18.6 Å². The molecule has 110 valence electrons. The van der Waals surface area contributed by atoms with Gasteiger partial charge in [0.1, 0.15) is 12.4 Å². The number of ether oxygens (including phenoxy) is 2. The van der Waals surface area contributed by atoms with Crippen LogP contribution in [0.5, 0.6) is 5.75 Å². The first-order chi connectivity index (χ1) is 10.1. The number of hydrogen-bond acceptors (Lipinski definition) is 8. The normalized spacial score (nSPS) is 10.1. The Bertz CT molecular complexity index is 610. The average Bonchev–Trinajstić information content (AvgIpc) is 2.45. The van der Waals surface area contributed by atoms with Crippen molar-refractivity contribution in [2.45, 2.75) is 13.0 Å². The molecule has 21 heavy (non-hydrogen) atoms. The van der Waals surface area contributed by atoms with E-state index < -0.39 is 0 Å². The summed E-state index contributed by atoms with van der Waals surface area (Å²) in [5.41, 5.74) is 11.8. The Morgan fingerprint density at radius 1 is 1.10 bits per heavy atom. The first kappa shape index (κ1) is 14.5. The van der Waals surface area contributed by atoms with Gasteiger partial charge in [-0.05, 0) is 17.7 Å². The van der Waals surface area contributed by atoms with E-state index in [1.165, 1.54) is 7.11 Å². The molecule has 8 nitrogen and oxygen atoms in total. The van der Waals surface area contributed by atoms with Crippen molar-refractivity contribution in [1.29, 1.82) is 0 Å². The van der Waals surface area contributed by atoms with Crippen LogP contribution in [0.1, 0.15) is 11.4 Å². The summed E-state index contributed by atoms with van der Waals surface area (Å²) >= 11 is 0. The van der Waals surface area contributed by atoms with Gasteiger partial charge in [0.2, 0.25) is 11.9 Å². The van der Waals surface area contributed by atoms with Gasteiger partial charge in [-0.15, -0.1) is 0 Å². The highest BCUT2D eigenvalue weighted by molar-refractivity contribution is 5.72. The summed E-state index contributed by atoms with van der Waals surface area (Å²) in [6, 6.07) is 7.04. The number of nitrogens with zero attached hydrogens (tertiary/aromatic N) is 3. The molecule has 0 bridgehead atoms. The number of carbonyl (C=O) groups excluding carboxylic acids is 1. The fraction of sp³-hybridized carbons (Fsp3) is 0.231. The molecule has 0 fully saturated rings. The second-order valence-electron chi connectivity index (χ2n) is 4.15. The highest BCUT2D eigenvalue weighted by atomic mass is 16.5. The predicted octanol–water partition coefficient (Wildman–Crippen LogP) is 0.330. The maximum atomic E-state index is 11.1. The Morgan fingerprint density at radius 3 is 2.29 bits per heavy atom. The Labute approximate surface area is 121 Å². The topological polar surface area (TPSA) is 126 Å². The number of aromatic nitrogens is 3. The number of benzene rings is 1. The number of methoxy groups -OCH3 is 1.